The standard InChI is InChI=1S/C19H20ClN3O4S/c1-13-11-18(24)21-15-8-4-5-9-16(15)23(13)19(25)12-22(2)28(26,27)17-10-6-3-7-14(17)20/h3-10,13H,11-12H2,1-2H3,(H,21,24)/t13-/m1/s1. The van der Waals surface area contributed by atoms with Gasteiger partial charge < -0.3 is 10.2 Å². The Morgan fingerprint density at radius 2 is 1.86 bits per heavy atom. The Balaban J connectivity index is 1.90. The largest absolute Gasteiger partial charge is 0.324 e. The van der Waals surface area contributed by atoms with Crippen molar-refractivity contribution in [3.05, 3.63) is 53.6 Å². The van der Waals surface area contributed by atoms with Crippen LogP contribution in [0.15, 0.2) is 53.4 Å². The number of amides is 2. The molecule has 2 aromatic rings. The molecule has 1 N–H and O–H groups in total. The highest BCUT2D eigenvalue weighted by Crippen LogP contribution is 2.31. The number of hydrogen-bond acceptors (Lipinski definition) is 4. The van der Waals surface area contributed by atoms with Crippen LogP contribution in [-0.4, -0.2) is 44.2 Å². The van der Waals surface area contributed by atoms with Gasteiger partial charge in [0.1, 0.15) is 4.90 Å². The van der Waals surface area contributed by atoms with E-state index in [-0.39, 0.29) is 28.8 Å². The third kappa shape index (κ3) is 3.89. The number of nitrogens with one attached hydrogen (secondary N) is 1. The topological polar surface area (TPSA) is 86.8 Å². The van der Waals surface area contributed by atoms with E-state index in [4.69, 9.17) is 11.6 Å². The van der Waals surface area contributed by atoms with Crippen molar-refractivity contribution in [3.8, 4) is 0 Å². The second-order valence-electron chi connectivity index (χ2n) is 6.57. The van der Waals surface area contributed by atoms with Crippen molar-refractivity contribution < 1.29 is 18.0 Å². The van der Waals surface area contributed by atoms with Crippen LogP contribution in [0.25, 0.3) is 0 Å². The van der Waals surface area contributed by atoms with Gasteiger partial charge in [0.15, 0.2) is 0 Å². The van der Waals surface area contributed by atoms with Gasteiger partial charge in [-0.15, -0.1) is 0 Å². The fraction of sp³-hybridized carbons (Fsp3) is 0.263. The molecule has 1 aliphatic heterocycles. The number of benzene rings is 2. The number of likely N-dealkylation sites (N-methyl/N-ethyl adjacent to an activating group) is 1. The van der Waals surface area contributed by atoms with Gasteiger partial charge >= 0.3 is 0 Å². The van der Waals surface area contributed by atoms with Gasteiger partial charge in [-0.3, -0.25) is 9.59 Å². The average molecular weight is 422 g/mol. The first-order chi connectivity index (χ1) is 13.2. The number of sulfonamides is 1. The van der Waals surface area contributed by atoms with Crippen molar-refractivity contribution in [2.24, 2.45) is 0 Å². The Hall–Kier alpha value is -2.42. The monoisotopic (exact) mass is 421 g/mol. The molecule has 7 nitrogen and oxygen atoms in total. The summed E-state index contributed by atoms with van der Waals surface area (Å²) in [6.45, 7) is 1.36. The second kappa shape index (κ2) is 7.90. The smallest absolute Gasteiger partial charge is 0.244 e. The molecule has 148 valence electrons. The zero-order chi connectivity index (χ0) is 20.5. The maximum Gasteiger partial charge on any atom is 0.244 e. The molecule has 28 heavy (non-hydrogen) atoms. The first-order valence-corrected chi connectivity index (χ1v) is 10.5. The zero-order valence-corrected chi connectivity index (χ0v) is 17.0. The van der Waals surface area contributed by atoms with E-state index >= 15 is 0 Å². The predicted octanol–water partition coefficient (Wildman–Crippen LogP) is 2.72. The molecule has 0 aliphatic carbocycles. The molecule has 0 radical (unpaired) electrons. The minimum absolute atomic E-state index is 0.0619. The van der Waals surface area contributed by atoms with E-state index in [0.717, 1.165) is 4.31 Å². The molecule has 0 bridgehead atoms. The Kier molecular flexibility index (Phi) is 5.74. The van der Waals surface area contributed by atoms with Gasteiger partial charge in [-0.2, -0.15) is 4.31 Å². The molecule has 0 fully saturated rings. The van der Waals surface area contributed by atoms with Gasteiger partial charge in [0, 0.05) is 19.5 Å². The van der Waals surface area contributed by atoms with Crippen LogP contribution in [0.3, 0.4) is 0 Å². The summed E-state index contributed by atoms with van der Waals surface area (Å²) in [6.07, 6.45) is 0.112. The van der Waals surface area contributed by atoms with Crippen molar-refractivity contribution in [1.29, 1.82) is 0 Å². The Labute approximate surface area is 168 Å². The molecule has 2 aromatic carbocycles. The van der Waals surface area contributed by atoms with Crippen molar-refractivity contribution in [3.63, 3.8) is 0 Å². The zero-order valence-electron chi connectivity index (χ0n) is 15.4. The van der Waals surface area contributed by atoms with Crippen LogP contribution >= 0.6 is 11.6 Å². The van der Waals surface area contributed by atoms with Crippen molar-refractivity contribution in [2.45, 2.75) is 24.3 Å². The number of carbonyl (C=O) groups excluding carboxylic acids is 2. The summed E-state index contributed by atoms with van der Waals surface area (Å²) in [5.41, 5.74) is 1.05. The highest BCUT2D eigenvalue weighted by molar-refractivity contribution is 7.89. The second-order valence-corrected chi connectivity index (χ2v) is 8.99. The summed E-state index contributed by atoms with van der Waals surface area (Å²) >= 11 is 6.02. The summed E-state index contributed by atoms with van der Waals surface area (Å²) < 4.78 is 26.6. The van der Waals surface area contributed by atoms with Crippen LogP contribution < -0.4 is 10.2 Å². The quantitative estimate of drug-likeness (QED) is 0.822. The van der Waals surface area contributed by atoms with Crippen molar-refractivity contribution in [1.82, 2.24) is 4.31 Å². The summed E-state index contributed by atoms with van der Waals surface area (Å²) in [5, 5.41) is 2.86. The highest BCUT2D eigenvalue weighted by atomic mass is 35.5. The average Bonchev–Trinajstić information content (AvgIpc) is 2.75. The number of para-hydroxylation sites is 2. The number of fused-ring (bicyclic) bond motifs is 1. The molecule has 1 aliphatic rings. The molecule has 1 heterocycles. The van der Waals surface area contributed by atoms with Crippen molar-refractivity contribution in [2.75, 3.05) is 23.8 Å². The molecule has 1 atom stereocenters. The van der Waals surface area contributed by atoms with Crippen LogP contribution in [0.2, 0.25) is 5.02 Å². The van der Waals surface area contributed by atoms with E-state index in [9.17, 15) is 18.0 Å². The Morgan fingerprint density at radius 1 is 1.21 bits per heavy atom. The molecule has 0 saturated carbocycles. The third-order valence-corrected chi connectivity index (χ3v) is 6.81. The first-order valence-electron chi connectivity index (χ1n) is 8.63. The molecule has 9 heteroatoms. The van der Waals surface area contributed by atoms with E-state index in [0.29, 0.717) is 11.4 Å². The molecule has 0 unspecified atom stereocenters. The van der Waals surface area contributed by atoms with Crippen LogP contribution in [0.4, 0.5) is 11.4 Å². The SMILES string of the molecule is C[C@@H]1CC(=O)Nc2ccccc2N1C(=O)CN(C)S(=O)(=O)c1ccccc1Cl. The predicted molar refractivity (Wildman–Crippen MR) is 108 cm³/mol. The van der Waals surface area contributed by atoms with Crippen LogP contribution in [0, 0.1) is 0 Å². The number of nitrogens with zero attached hydrogens (tertiary/aromatic N) is 2. The third-order valence-electron chi connectivity index (χ3n) is 4.51. The van der Waals surface area contributed by atoms with E-state index in [1.54, 1.807) is 43.3 Å². The summed E-state index contributed by atoms with van der Waals surface area (Å²) in [6, 6.07) is 12.6. The van der Waals surface area contributed by atoms with E-state index in [1.165, 1.54) is 24.1 Å². The maximum atomic E-state index is 13.1. The van der Waals surface area contributed by atoms with Gasteiger partial charge in [-0.1, -0.05) is 35.9 Å². The van der Waals surface area contributed by atoms with E-state index in [1.807, 2.05) is 0 Å². The van der Waals surface area contributed by atoms with Gasteiger partial charge in [-0.25, -0.2) is 8.42 Å². The fourth-order valence-electron chi connectivity index (χ4n) is 3.14. The number of anilines is 2. The maximum absolute atomic E-state index is 13.1. The lowest BCUT2D eigenvalue weighted by Crippen LogP contribution is -2.45. The minimum atomic E-state index is -3.95. The normalized spacial score (nSPS) is 17.1. The number of halogens is 1. The molecule has 2 amide bonds. The van der Waals surface area contributed by atoms with Crippen LogP contribution in [0.5, 0.6) is 0 Å². The van der Waals surface area contributed by atoms with Crippen LogP contribution in [0.1, 0.15) is 13.3 Å². The lowest BCUT2D eigenvalue weighted by molar-refractivity contribution is -0.119. The van der Waals surface area contributed by atoms with Crippen molar-refractivity contribution >= 4 is 44.8 Å². The Morgan fingerprint density at radius 3 is 2.57 bits per heavy atom. The molecule has 0 aromatic heterocycles. The number of rotatable bonds is 4. The summed E-state index contributed by atoms with van der Waals surface area (Å²) in [7, 11) is -2.62. The lowest BCUT2D eigenvalue weighted by atomic mass is 10.1. The first kappa shape index (κ1) is 20.3. The molecule has 0 saturated heterocycles. The Bertz CT molecular complexity index is 1030. The molecule has 3 rings (SSSR count). The van der Waals surface area contributed by atoms with Crippen LogP contribution in [-0.2, 0) is 19.6 Å². The van der Waals surface area contributed by atoms with Gasteiger partial charge in [0.05, 0.1) is 22.9 Å². The molecular weight excluding hydrogens is 402 g/mol. The molecular formula is C19H20ClN3O4S. The van der Waals surface area contributed by atoms with E-state index < -0.39 is 22.0 Å². The van der Waals surface area contributed by atoms with Gasteiger partial charge in [-0.05, 0) is 31.2 Å². The number of carbonyl (C=O) groups is 2. The molecule has 0 spiro atoms. The fourth-order valence-corrected chi connectivity index (χ4v) is 4.75. The summed E-state index contributed by atoms with van der Waals surface area (Å²) in [5.74, 6) is -0.637. The van der Waals surface area contributed by atoms with E-state index in [2.05, 4.69) is 5.32 Å². The van der Waals surface area contributed by atoms with Gasteiger partial charge in [0.2, 0.25) is 21.8 Å². The lowest BCUT2D eigenvalue weighted by Gasteiger charge is -2.29. The number of hydrogen-bond donors (Lipinski definition) is 1. The highest BCUT2D eigenvalue weighted by Gasteiger charge is 2.32. The van der Waals surface area contributed by atoms with Gasteiger partial charge in [0.25, 0.3) is 0 Å². The summed E-state index contributed by atoms with van der Waals surface area (Å²) in [4.78, 5) is 26.5. The minimum Gasteiger partial charge on any atom is -0.324 e.